The third kappa shape index (κ3) is 3.76. The summed E-state index contributed by atoms with van der Waals surface area (Å²) >= 11 is 0. The zero-order valence-electron chi connectivity index (χ0n) is 11.5. The number of halogens is 2. The van der Waals surface area contributed by atoms with Crippen LogP contribution in [0.1, 0.15) is 12.8 Å². The molecule has 0 bridgehead atoms. The summed E-state index contributed by atoms with van der Waals surface area (Å²) in [4.78, 5) is -0.621. The Morgan fingerprint density at radius 1 is 1.29 bits per heavy atom. The molecule has 1 aromatic rings. The molecule has 1 saturated heterocycles. The molecule has 2 rings (SSSR count). The molecule has 21 heavy (non-hydrogen) atoms. The average Bonchev–Trinajstić information content (AvgIpc) is 2.48. The molecule has 0 saturated carbocycles. The highest BCUT2D eigenvalue weighted by Gasteiger charge is 2.31. The van der Waals surface area contributed by atoms with Crippen LogP contribution in [0.4, 0.5) is 8.78 Å². The Balaban J connectivity index is 2.10. The van der Waals surface area contributed by atoms with Crippen molar-refractivity contribution in [3.05, 3.63) is 29.8 Å². The third-order valence-corrected chi connectivity index (χ3v) is 5.30. The van der Waals surface area contributed by atoms with Gasteiger partial charge in [-0.15, -0.1) is 0 Å². The molecule has 0 unspecified atom stereocenters. The van der Waals surface area contributed by atoms with Crippen molar-refractivity contribution < 1.29 is 21.9 Å². The lowest BCUT2D eigenvalue weighted by Gasteiger charge is -2.31. The minimum absolute atomic E-state index is 0.0441. The van der Waals surface area contributed by atoms with Crippen molar-refractivity contribution in [2.75, 3.05) is 26.2 Å². The van der Waals surface area contributed by atoms with Gasteiger partial charge in [-0.3, -0.25) is 0 Å². The first-order valence-corrected chi connectivity index (χ1v) is 8.16. The van der Waals surface area contributed by atoms with Crippen molar-refractivity contribution in [1.82, 2.24) is 4.31 Å². The van der Waals surface area contributed by atoms with Crippen molar-refractivity contribution >= 4 is 10.0 Å². The lowest BCUT2D eigenvalue weighted by molar-refractivity contribution is 0.0257. The topological polar surface area (TPSA) is 72.6 Å². The van der Waals surface area contributed by atoms with E-state index in [0.29, 0.717) is 32.1 Å². The first-order chi connectivity index (χ1) is 9.95. The Morgan fingerprint density at radius 2 is 1.95 bits per heavy atom. The lowest BCUT2D eigenvalue weighted by Crippen LogP contribution is -2.41. The van der Waals surface area contributed by atoms with Gasteiger partial charge < -0.3 is 10.5 Å². The molecular formula is C13H18F2N2O3S. The van der Waals surface area contributed by atoms with Crippen molar-refractivity contribution in [3.63, 3.8) is 0 Å². The van der Waals surface area contributed by atoms with Gasteiger partial charge in [0.25, 0.3) is 0 Å². The van der Waals surface area contributed by atoms with Gasteiger partial charge in [0.2, 0.25) is 10.0 Å². The molecule has 0 aliphatic carbocycles. The molecule has 0 aromatic heterocycles. The van der Waals surface area contributed by atoms with E-state index in [1.807, 2.05) is 0 Å². The molecule has 5 nitrogen and oxygen atoms in total. The molecule has 1 heterocycles. The number of benzene rings is 1. The third-order valence-electron chi connectivity index (χ3n) is 3.38. The van der Waals surface area contributed by atoms with Crippen LogP contribution in [0.5, 0.6) is 0 Å². The molecule has 1 aliphatic heterocycles. The molecule has 0 amide bonds. The highest BCUT2D eigenvalue weighted by molar-refractivity contribution is 7.89. The maximum atomic E-state index is 13.7. The van der Waals surface area contributed by atoms with E-state index in [2.05, 4.69) is 0 Å². The smallest absolute Gasteiger partial charge is 0.246 e. The Kier molecular flexibility index (Phi) is 5.26. The fourth-order valence-electron chi connectivity index (χ4n) is 2.29. The molecule has 1 fully saturated rings. The number of nitrogens with zero attached hydrogens (tertiary/aromatic N) is 1. The van der Waals surface area contributed by atoms with E-state index < -0.39 is 26.6 Å². The van der Waals surface area contributed by atoms with E-state index in [9.17, 15) is 17.2 Å². The molecule has 2 N–H and O–H groups in total. The molecule has 0 spiro atoms. The number of hydrogen-bond donors (Lipinski definition) is 1. The van der Waals surface area contributed by atoms with Gasteiger partial charge in [-0.25, -0.2) is 17.2 Å². The second-order valence-electron chi connectivity index (χ2n) is 4.84. The molecule has 1 aromatic carbocycles. The quantitative estimate of drug-likeness (QED) is 0.881. The van der Waals surface area contributed by atoms with Crippen LogP contribution in [-0.4, -0.2) is 45.1 Å². The fourth-order valence-corrected chi connectivity index (χ4v) is 3.83. The van der Waals surface area contributed by atoms with Crippen LogP contribution in [0, 0.1) is 11.6 Å². The summed E-state index contributed by atoms with van der Waals surface area (Å²) in [6, 6.07) is 2.42. The summed E-state index contributed by atoms with van der Waals surface area (Å²) in [6.45, 7) is 1.27. The molecule has 118 valence electrons. The maximum Gasteiger partial charge on any atom is 0.246 e. The summed E-state index contributed by atoms with van der Waals surface area (Å²) in [5.74, 6) is -1.73. The Hall–Kier alpha value is -1.09. The van der Waals surface area contributed by atoms with E-state index in [1.165, 1.54) is 0 Å². The summed E-state index contributed by atoms with van der Waals surface area (Å²) in [5.41, 5.74) is 5.34. The summed E-state index contributed by atoms with van der Waals surface area (Å²) in [7, 11) is -4.02. The van der Waals surface area contributed by atoms with Crippen LogP contribution < -0.4 is 5.73 Å². The molecular weight excluding hydrogens is 302 g/mol. The van der Waals surface area contributed by atoms with Crippen LogP contribution in [0.3, 0.4) is 0 Å². The van der Waals surface area contributed by atoms with Crippen LogP contribution in [0.25, 0.3) is 0 Å². The minimum atomic E-state index is -4.02. The van der Waals surface area contributed by atoms with Gasteiger partial charge in [0.05, 0.1) is 12.7 Å². The Morgan fingerprint density at radius 3 is 2.57 bits per heavy atom. The number of piperidine rings is 1. The second-order valence-corrected chi connectivity index (χ2v) is 6.74. The van der Waals surface area contributed by atoms with Crippen LogP contribution >= 0.6 is 0 Å². The number of sulfonamides is 1. The highest BCUT2D eigenvalue weighted by Crippen LogP contribution is 2.24. The van der Waals surface area contributed by atoms with Crippen molar-refractivity contribution in [1.29, 1.82) is 0 Å². The van der Waals surface area contributed by atoms with E-state index in [4.69, 9.17) is 10.5 Å². The maximum absolute atomic E-state index is 13.7. The lowest BCUT2D eigenvalue weighted by atomic mass is 10.1. The minimum Gasteiger partial charge on any atom is -0.377 e. The second kappa shape index (κ2) is 6.78. The summed E-state index contributed by atoms with van der Waals surface area (Å²) < 4.78 is 58.1. The summed E-state index contributed by atoms with van der Waals surface area (Å²) in [6.07, 6.45) is 0.976. The highest BCUT2D eigenvalue weighted by atomic mass is 32.2. The van der Waals surface area contributed by atoms with Crippen molar-refractivity contribution in [3.8, 4) is 0 Å². The van der Waals surface area contributed by atoms with E-state index >= 15 is 0 Å². The molecule has 0 atom stereocenters. The first-order valence-electron chi connectivity index (χ1n) is 6.72. The molecule has 8 heteroatoms. The monoisotopic (exact) mass is 320 g/mol. The van der Waals surface area contributed by atoms with Crippen LogP contribution in [-0.2, 0) is 14.8 Å². The van der Waals surface area contributed by atoms with Gasteiger partial charge in [0.1, 0.15) is 16.5 Å². The van der Waals surface area contributed by atoms with Gasteiger partial charge >= 0.3 is 0 Å². The van der Waals surface area contributed by atoms with Crippen molar-refractivity contribution in [2.24, 2.45) is 5.73 Å². The predicted octanol–water partition coefficient (Wildman–Crippen LogP) is 1.09. The summed E-state index contributed by atoms with van der Waals surface area (Å²) in [5, 5.41) is 0. The normalized spacial score (nSPS) is 18.0. The zero-order valence-corrected chi connectivity index (χ0v) is 12.3. The number of rotatable bonds is 5. The van der Waals surface area contributed by atoms with Crippen LogP contribution in [0.2, 0.25) is 0 Å². The van der Waals surface area contributed by atoms with Gasteiger partial charge in [0.15, 0.2) is 0 Å². The number of nitrogens with two attached hydrogens (primary N) is 1. The van der Waals surface area contributed by atoms with Gasteiger partial charge in [-0.2, -0.15) is 4.31 Å². The largest absolute Gasteiger partial charge is 0.377 e. The predicted molar refractivity (Wildman–Crippen MR) is 73.1 cm³/mol. The Bertz CT molecular complexity index is 587. The van der Waals surface area contributed by atoms with Crippen molar-refractivity contribution in [2.45, 2.75) is 23.8 Å². The standard InChI is InChI=1S/C13H18F2N2O3S/c14-10-1-2-12(15)13(9-10)21(18,19)17-6-3-11(4-7-17)20-8-5-16/h1-2,9,11H,3-8,16H2. The van der Waals surface area contributed by atoms with E-state index in [-0.39, 0.29) is 19.2 Å². The SMILES string of the molecule is NCCOC1CCN(S(=O)(=O)c2cc(F)ccc2F)CC1. The van der Waals surface area contributed by atoms with E-state index in [0.717, 1.165) is 16.4 Å². The van der Waals surface area contributed by atoms with Gasteiger partial charge in [0, 0.05) is 19.6 Å². The fraction of sp³-hybridized carbons (Fsp3) is 0.538. The zero-order chi connectivity index (χ0) is 15.5. The van der Waals surface area contributed by atoms with Crippen LogP contribution in [0.15, 0.2) is 23.1 Å². The number of ether oxygens (including phenoxy) is 1. The van der Waals surface area contributed by atoms with Gasteiger partial charge in [-0.05, 0) is 31.0 Å². The first kappa shape index (κ1) is 16.3. The molecule has 1 aliphatic rings. The average molecular weight is 320 g/mol. The van der Waals surface area contributed by atoms with Gasteiger partial charge in [-0.1, -0.05) is 0 Å². The molecule has 0 radical (unpaired) electrons. The number of hydrogen-bond acceptors (Lipinski definition) is 4. The van der Waals surface area contributed by atoms with E-state index in [1.54, 1.807) is 0 Å². The Labute approximate surface area is 122 Å².